The van der Waals surface area contributed by atoms with Crippen molar-refractivity contribution in [3.8, 4) is 5.75 Å². The number of fused-ring (bicyclic) bond motifs is 1. The van der Waals surface area contributed by atoms with E-state index < -0.39 is 0 Å². The molecule has 3 nitrogen and oxygen atoms in total. The van der Waals surface area contributed by atoms with Crippen molar-refractivity contribution in [1.29, 1.82) is 0 Å². The first-order chi connectivity index (χ1) is 8.56. The molecule has 1 aliphatic rings. The van der Waals surface area contributed by atoms with Crippen LogP contribution < -0.4 is 4.74 Å². The van der Waals surface area contributed by atoms with Crippen molar-refractivity contribution < 1.29 is 9.47 Å². The molecule has 0 atom stereocenters. The lowest BCUT2D eigenvalue weighted by Gasteiger charge is -2.22. The zero-order valence-electron chi connectivity index (χ0n) is 11.4. The molecule has 3 heteroatoms. The normalized spacial score (nSPS) is 18.7. The number of ether oxygens (including phenoxy) is 2. The predicted octanol–water partition coefficient (Wildman–Crippen LogP) is 3.28. The zero-order valence-corrected chi connectivity index (χ0v) is 11.4. The number of hydrogen-bond donors (Lipinski definition) is 0. The number of aliphatic imine (C=N–C) groups is 1. The lowest BCUT2D eigenvalue weighted by molar-refractivity contribution is 0.185. The van der Waals surface area contributed by atoms with Crippen molar-refractivity contribution >= 4 is 5.90 Å². The standard InChI is InChI=1S/C15H21NO2/c1-15(2,3)11-18-14-12-7-4-5-8-13(12)17-10-6-9-16-14/h4-5,7-8H,6,9-11H2,1-3H3/b16-14+. The molecule has 1 aromatic rings. The third-order valence-corrected chi connectivity index (χ3v) is 2.57. The van der Waals surface area contributed by atoms with E-state index in [1.54, 1.807) is 0 Å². The van der Waals surface area contributed by atoms with Crippen LogP contribution in [0, 0.1) is 5.41 Å². The molecule has 0 unspecified atom stereocenters. The molecule has 18 heavy (non-hydrogen) atoms. The van der Waals surface area contributed by atoms with E-state index in [9.17, 15) is 0 Å². The maximum Gasteiger partial charge on any atom is 0.219 e. The van der Waals surface area contributed by atoms with E-state index in [2.05, 4.69) is 25.8 Å². The molecule has 2 rings (SSSR count). The number of hydrogen-bond acceptors (Lipinski definition) is 3. The fraction of sp³-hybridized carbons (Fsp3) is 0.533. The van der Waals surface area contributed by atoms with E-state index in [0.717, 1.165) is 24.3 Å². The van der Waals surface area contributed by atoms with Gasteiger partial charge in [-0.05, 0) is 17.5 Å². The Labute approximate surface area is 109 Å². The van der Waals surface area contributed by atoms with Crippen LogP contribution in [0.3, 0.4) is 0 Å². The number of benzene rings is 1. The maximum absolute atomic E-state index is 5.88. The minimum Gasteiger partial charge on any atom is -0.493 e. The van der Waals surface area contributed by atoms with Crippen molar-refractivity contribution in [1.82, 2.24) is 0 Å². The van der Waals surface area contributed by atoms with E-state index in [1.807, 2.05) is 24.3 Å². The van der Waals surface area contributed by atoms with Gasteiger partial charge in [0.1, 0.15) is 5.75 Å². The van der Waals surface area contributed by atoms with Crippen LogP contribution >= 0.6 is 0 Å². The minimum absolute atomic E-state index is 0.126. The molecule has 0 fully saturated rings. The van der Waals surface area contributed by atoms with Gasteiger partial charge in [-0.3, -0.25) is 4.99 Å². The SMILES string of the molecule is CC(C)(C)CO/C1=N/CCCOc2ccccc21. The summed E-state index contributed by atoms with van der Waals surface area (Å²) in [5, 5.41) is 0. The highest BCUT2D eigenvalue weighted by atomic mass is 16.5. The van der Waals surface area contributed by atoms with Crippen LogP contribution in [0.2, 0.25) is 0 Å². The van der Waals surface area contributed by atoms with Crippen molar-refractivity contribution in [2.24, 2.45) is 10.4 Å². The van der Waals surface area contributed by atoms with Crippen LogP contribution in [-0.2, 0) is 4.74 Å². The Balaban J connectivity index is 2.22. The maximum atomic E-state index is 5.88. The summed E-state index contributed by atoms with van der Waals surface area (Å²) in [5.74, 6) is 1.57. The van der Waals surface area contributed by atoms with Gasteiger partial charge in [-0.2, -0.15) is 0 Å². The largest absolute Gasteiger partial charge is 0.493 e. The number of nitrogens with zero attached hydrogens (tertiary/aromatic N) is 1. The van der Waals surface area contributed by atoms with Crippen LogP contribution in [0.4, 0.5) is 0 Å². The molecule has 0 saturated carbocycles. The Morgan fingerprint density at radius 1 is 1.28 bits per heavy atom. The second-order valence-electron chi connectivity index (χ2n) is 5.73. The molecule has 0 N–H and O–H groups in total. The van der Waals surface area contributed by atoms with Gasteiger partial charge in [0.25, 0.3) is 0 Å². The van der Waals surface area contributed by atoms with Gasteiger partial charge in [0.2, 0.25) is 5.90 Å². The van der Waals surface area contributed by atoms with E-state index in [-0.39, 0.29) is 5.41 Å². The molecule has 0 radical (unpaired) electrons. The topological polar surface area (TPSA) is 30.8 Å². The van der Waals surface area contributed by atoms with Crippen molar-refractivity contribution in [2.45, 2.75) is 27.2 Å². The van der Waals surface area contributed by atoms with Crippen LogP contribution in [0.1, 0.15) is 32.8 Å². The van der Waals surface area contributed by atoms with E-state index in [0.29, 0.717) is 19.1 Å². The lowest BCUT2D eigenvalue weighted by Crippen LogP contribution is -2.21. The molecule has 0 saturated heterocycles. The summed E-state index contributed by atoms with van der Waals surface area (Å²) in [5.41, 5.74) is 1.09. The molecule has 1 aliphatic heterocycles. The summed E-state index contributed by atoms with van der Waals surface area (Å²) in [7, 11) is 0. The molecular formula is C15H21NO2. The predicted molar refractivity (Wildman–Crippen MR) is 73.4 cm³/mol. The third-order valence-electron chi connectivity index (χ3n) is 2.57. The molecule has 0 spiro atoms. The van der Waals surface area contributed by atoms with Gasteiger partial charge < -0.3 is 9.47 Å². The van der Waals surface area contributed by atoms with E-state index in [4.69, 9.17) is 9.47 Å². The highest BCUT2D eigenvalue weighted by molar-refractivity contribution is 5.96. The van der Waals surface area contributed by atoms with Crippen LogP contribution in [0.15, 0.2) is 29.3 Å². The molecule has 0 aliphatic carbocycles. The average Bonchev–Trinajstić information content (AvgIpc) is 2.28. The van der Waals surface area contributed by atoms with Crippen molar-refractivity contribution in [2.75, 3.05) is 19.8 Å². The van der Waals surface area contributed by atoms with Crippen LogP contribution in [-0.4, -0.2) is 25.7 Å². The summed E-state index contributed by atoms with van der Waals surface area (Å²) in [6, 6.07) is 7.93. The first kappa shape index (κ1) is 12.9. The molecule has 0 amide bonds. The summed E-state index contributed by atoms with van der Waals surface area (Å²) < 4.78 is 11.6. The molecular weight excluding hydrogens is 226 g/mol. The summed E-state index contributed by atoms with van der Waals surface area (Å²) >= 11 is 0. The van der Waals surface area contributed by atoms with Gasteiger partial charge in [-0.25, -0.2) is 0 Å². The Bertz CT molecular complexity index is 432. The van der Waals surface area contributed by atoms with Gasteiger partial charge >= 0.3 is 0 Å². The third kappa shape index (κ3) is 3.49. The fourth-order valence-corrected chi connectivity index (χ4v) is 1.69. The molecule has 0 bridgehead atoms. The zero-order chi connectivity index (χ0) is 13.0. The fourth-order valence-electron chi connectivity index (χ4n) is 1.69. The van der Waals surface area contributed by atoms with Gasteiger partial charge in [0.05, 0.1) is 18.8 Å². The first-order valence-electron chi connectivity index (χ1n) is 6.46. The van der Waals surface area contributed by atoms with Gasteiger partial charge in [0.15, 0.2) is 0 Å². The summed E-state index contributed by atoms with van der Waals surface area (Å²) in [6.45, 7) is 8.58. The number of rotatable bonds is 1. The quantitative estimate of drug-likeness (QED) is 0.762. The monoisotopic (exact) mass is 247 g/mol. The Morgan fingerprint density at radius 3 is 2.83 bits per heavy atom. The highest BCUT2D eigenvalue weighted by Gasteiger charge is 2.17. The van der Waals surface area contributed by atoms with Crippen LogP contribution in [0.5, 0.6) is 5.75 Å². The van der Waals surface area contributed by atoms with Gasteiger partial charge in [-0.15, -0.1) is 0 Å². The second kappa shape index (κ2) is 5.42. The smallest absolute Gasteiger partial charge is 0.219 e. The van der Waals surface area contributed by atoms with E-state index >= 15 is 0 Å². The molecule has 1 heterocycles. The molecule has 0 aromatic heterocycles. The first-order valence-corrected chi connectivity index (χ1v) is 6.46. The Hall–Kier alpha value is -1.51. The Kier molecular flexibility index (Phi) is 3.90. The second-order valence-corrected chi connectivity index (χ2v) is 5.73. The van der Waals surface area contributed by atoms with Crippen LogP contribution in [0.25, 0.3) is 0 Å². The van der Waals surface area contributed by atoms with Gasteiger partial charge in [0, 0.05) is 13.0 Å². The highest BCUT2D eigenvalue weighted by Crippen LogP contribution is 2.23. The molecule has 1 aromatic carbocycles. The Morgan fingerprint density at radius 2 is 2.06 bits per heavy atom. The molecule has 98 valence electrons. The van der Waals surface area contributed by atoms with Gasteiger partial charge in [-0.1, -0.05) is 32.9 Å². The number of para-hydroxylation sites is 1. The summed E-state index contributed by atoms with van der Waals surface area (Å²) in [4.78, 5) is 4.54. The minimum atomic E-state index is 0.126. The average molecular weight is 247 g/mol. The summed E-state index contributed by atoms with van der Waals surface area (Å²) in [6.07, 6.45) is 0.927. The van der Waals surface area contributed by atoms with Crippen molar-refractivity contribution in [3.05, 3.63) is 29.8 Å². The van der Waals surface area contributed by atoms with E-state index in [1.165, 1.54) is 0 Å². The lowest BCUT2D eigenvalue weighted by atomic mass is 9.99. The van der Waals surface area contributed by atoms with Crippen molar-refractivity contribution in [3.63, 3.8) is 0 Å².